The highest BCUT2D eigenvalue weighted by Crippen LogP contribution is 2.59. The van der Waals surface area contributed by atoms with Crippen molar-refractivity contribution in [2.24, 2.45) is 5.41 Å². The molecule has 1 saturated heterocycles. The summed E-state index contributed by atoms with van der Waals surface area (Å²) < 4.78 is 38.9. The zero-order valence-electron chi connectivity index (χ0n) is 22.8. The van der Waals surface area contributed by atoms with Crippen molar-refractivity contribution in [3.8, 4) is 10.4 Å². The number of nitrogens with one attached hydrogen (secondary N) is 1. The molecule has 2 unspecified atom stereocenters. The number of carbonyl (C=O) groups is 2. The Morgan fingerprint density at radius 1 is 1.12 bits per heavy atom. The maximum absolute atomic E-state index is 13.9. The molecule has 2 atom stereocenters. The zero-order valence-corrected chi connectivity index (χ0v) is 24.5. The molecular formula is C29H32F2N3O5PS. The number of alkyl halides is 2. The van der Waals surface area contributed by atoms with E-state index >= 15 is 0 Å². The van der Waals surface area contributed by atoms with Crippen LogP contribution < -0.4 is 5.32 Å². The Kier molecular flexibility index (Phi) is 8.94. The lowest BCUT2D eigenvalue weighted by Crippen LogP contribution is -2.54. The lowest BCUT2D eigenvalue weighted by Gasteiger charge is -2.35. The summed E-state index contributed by atoms with van der Waals surface area (Å²) in [6.45, 7) is 6.14. The average Bonchev–Trinajstić information content (AvgIpc) is 3.60. The van der Waals surface area contributed by atoms with Gasteiger partial charge in [-0.15, -0.1) is 11.3 Å². The Morgan fingerprint density at radius 2 is 1.78 bits per heavy atom. The zero-order chi connectivity index (χ0) is 30.0. The molecule has 1 aliphatic rings. The summed E-state index contributed by atoms with van der Waals surface area (Å²) in [4.78, 5) is 51.9. The predicted octanol–water partition coefficient (Wildman–Crippen LogP) is 5.94. The van der Waals surface area contributed by atoms with E-state index in [0.717, 1.165) is 40.4 Å². The molecule has 2 heterocycles. The summed E-state index contributed by atoms with van der Waals surface area (Å²) in [6, 6.07) is 13.1. The van der Waals surface area contributed by atoms with Crippen LogP contribution in [0.4, 0.5) is 8.78 Å². The Morgan fingerprint density at radius 3 is 2.39 bits per heavy atom. The standard InChI is InChI=1S/C29H32F2N3O5PS/c1-28(2,3)25(33-24(35)16-13-19-11-14-21(15-12-19)29(30,31)40(37,38)39)27(36)34-17-7-10-22(34)26-32-18-23(41-26)20-8-5-4-6-9-20/h4-6,8-9,11-16,18,22,25H,7,10,17H2,1-3H3,(H,33,35)(H2,37,38,39)/b16-13+. The normalized spacial score (nSPS) is 17.1. The molecule has 0 radical (unpaired) electrons. The van der Waals surface area contributed by atoms with E-state index in [1.807, 2.05) is 57.3 Å². The Labute approximate surface area is 241 Å². The van der Waals surface area contributed by atoms with Crippen molar-refractivity contribution in [2.75, 3.05) is 6.54 Å². The van der Waals surface area contributed by atoms with Crippen molar-refractivity contribution in [1.82, 2.24) is 15.2 Å². The molecule has 12 heteroatoms. The minimum absolute atomic E-state index is 0.188. The smallest absolute Gasteiger partial charge is 0.340 e. The molecule has 4 rings (SSSR count). The van der Waals surface area contributed by atoms with E-state index in [1.165, 1.54) is 24.3 Å². The largest absolute Gasteiger partial charge is 0.399 e. The third kappa shape index (κ3) is 6.98. The molecule has 1 aromatic heterocycles. The van der Waals surface area contributed by atoms with Gasteiger partial charge in [0.1, 0.15) is 11.0 Å². The number of halogens is 2. The number of hydrogen-bond acceptors (Lipinski definition) is 5. The maximum atomic E-state index is 13.9. The molecule has 0 saturated carbocycles. The number of hydrogen-bond donors (Lipinski definition) is 3. The van der Waals surface area contributed by atoms with Crippen LogP contribution in [-0.2, 0) is 19.8 Å². The number of rotatable bonds is 8. The number of nitrogens with zero attached hydrogens (tertiary/aromatic N) is 2. The van der Waals surface area contributed by atoms with Crippen molar-refractivity contribution in [3.05, 3.63) is 83.0 Å². The number of benzene rings is 2. The van der Waals surface area contributed by atoms with Crippen LogP contribution >= 0.6 is 18.9 Å². The molecule has 2 amide bonds. The first-order valence-corrected chi connectivity index (χ1v) is 15.5. The minimum atomic E-state index is -5.68. The Hall–Kier alpha value is -3.24. The average molecular weight is 604 g/mol. The summed E-state index contributed by atoms with van der Waals surface area (Å²) in [5, 5.41) is 3.65. The maximum Gasteiger partial charge on any atom is 0.399 e. The summed E-state index contributed by atoms with van der Waals surface area (Å²) >= 11 is 1.55. The second-order valence-corrected chi connectivity index (χ2v) is 13.7. The van der Waals surface area contributed by atoms with Gasteiger partial charge in [0.2, 0.25) is 11.8 Å². The van der Waals surface area contributed by atoms with Crippen LogP contribution in [0.25, 0.3) is 16.5 Å². The van der Waals surface area contributed by atoms with Crippen LogP contribution in [0, 0.1) is 5.41 Å². The quantitative estimate of drug-likeness (QED) is 0.216. The Bertz CT molecular complexity index is 1470. The van der Waals surface area contributed by atoms with Crippen molar-refractivity contribution in [2.45, 2.75) is 51.4 Å². The van der Waals surface area contributed by atoms with Crippen molar-refractivity contribution in [3.63, 3.8) is 0 Å². The van der Waals surface area contributed by atoms with Crippen LogP contribution in [-0.4, -0.2) is 44.1 Å². The van der Waals surface area contributed by atoms with Gasteiger partial charge in [-0.3, -0.25) is 14.2 Å². The highest BCUT2D eigenvalue weighted by molar-refractivity contribution is 7.52. The Balaban J connectivity index is 1.46. The molecule has 2 aromatic carbocycles. The summed E-state index contributed by atoms with van der Waals surface area (Å²) in [7, 11) is -5.68. The molecule has 41 heavy (non-hydrogen) atoms. The van der Waals surface area contributed by atoms with Gasteiger partial charge in [-0.25, -0.2) is 4.98 Å². The molecule has 0 bridgehead atoms. The highest BCUT2D eigenvalue weighted by atomic mass is 32.1. The van der Waals surface area contributed by atoms with Crippen LogP contribution in [0.1, 0.15) is 55.8 Å². The van der Waals surface area contributed by atoms with Crippen molar-refractivity contribution in [1.29, 1.82) is 0 Å². The van der Waals surface area contributed by atoms with Gasteiger partial charge in [-0.1, -0.05) is 75.4 Å². The molecule has 3 aromatic rings. The van der Waals surface area contributed by atoms with E-state index in [-0.39, 0.29) is 11.9 Å². The summed E-state index contributed by atoms with van der Waals surface area (Å²) in [6.07, 6.45) is 5.98. The van der Waals surface area contributed by atoms with E-state index in [2.05, 4.69) is 10.3 Å². The van der Waals surface area contributed by atoms with Crippen molar-refractivity contribution < 1.29 is 32.7 Å². The fraction of sp³-hybridized carbons (Fsp3) is 0.345. The molecule has 0 aliphatic carbocycles. The molecule has 218 valence electrons. The second kappa shape index (κ2) is 11.9. The summed E-state index contributed by atoms with van der Waals surface area (Å²) in [5.74, 6) is -0.749. The lowest BCUT2D eigenvalue weighted by atomic mass is 9.85. The van der Waals surface area contributed by atoms with E-state index in [9.17, 15) is 22.9 Å². The highest BCUT2D eigenvalue weighted by Gasteiger charge is 2.50. The van der Waals surface area contributed by atoms with Crippen LogP contribution in [0.5, 0.6) is 0 Å². The SMILES string of the molecule is CC(C)(C)C(NC(=O)/C=C/c1ccc(C(F)(F)P(=O)(O)O)cc1)C(=O)N1CCCC1c1ncc(-c2ccccc2)s1. The number of amides is 2. The predicted molar refractivity (Wildman–Crippen MR) is 154 cm³/mol. The van der Waals surface area contributed by atoms with Crippen LogP contribution in [0.3, 0.4) is 0 Å². The molecule has 1 aliphatic heterocycles. The first-order valence-electron chi connectivity index (χ1n) is 13.0. The second-order valence-electron chi connectivity index (χ2n) is 11.0. The number of carbonyl (C=O) groups excluding carboxylic acids is 2. The van der Waals surface area contributed by atoms with Gasteiger partial charge in [0.05, 0.1) is 10.9 Å². The van der Waals surface area contributed by atoms with E-state index in [1.54, 1.807) is 16.2 Å². The fourth-order valence-corrected chi connectivity index (χ4v) is 6.16. The third-order valence-corrected chi connectivity index (χ3v) is 8.99. The number of thiazole rings is 1. The molecular weight excluding hydrogens is 571 g/mol. The first kappa shape index (κ1) is 30.7. The van der Waals surface area contributed by atoms with E-state index in [4.69, 9.17) is 9.79 Å². The molecule has 3 N–H and O–H groups in total. The minimum Gasteiger partial charge on any atom is -0.340 e. The monoisotopic (exact) mass is 603 g/mol. The van der Waals surface area contributed by atoms with Crippen LogP contribution in [0.15, 0.2) is 66.9 Å². The van der Waals surface area contributed by atoms with Gasteiger partial charge < -0.3 is 20.0 Å². The van der Waals surface area contributed by atoms with Gasteiger partial charge in [0.25, 0.3) is 0 Å². The van der Waals surface area contributed by atoms with Gasteiger partial charge in [-0.05, 0) is 35.5 Å². The molecule has 0 spiro atoms. The van der Waals surface area contributed by atoms with Crippen LogP contribution in [0.2, 0.25) is 0 Å². The molecule has 1 fully saturated rings. The van der Waals surface area contributed by atoms with Gasteiger partial charge >= 0.3 is 13.3 Å². The lowest BCUT2D eigenvalue weighted by molar-refractivity contribution is -0.139. The fourth-order valence-electron chi connectivity index (χ4n) is 4.60. The molecule has 8 nitrogen and oxygen atoms in total. The summed E-state index contributed by atoms with van der Waals surface area (Å²) in [5.41, 5.74) is -4.34. The van der Waals surface area contributed by atoms with Crippen molar-refractivity contribution >= 4 is 36.8 Å². The number of aromatic nitrogens is 1. The van der Waals surface area contributed by atoms with E-state index < -0.39 is 36.2 Å². The third-order valence-electron chi connectivity index (χ3n) is 6.85. The first-order chi connectivity index (χ1) is 19.2. The van der Waals surface area contributed by atoms with Gasteiger partial charge in [-0.2, -0.15) is 8.78 Å². The number of likely N-dealkylation sites (tertiary alicyclic amines) is 1. The van der Waals surface area contributed by atoms with Gasteiger partial charge in [0, 0.05) is 24.4 Å². The van der Waals surface area contributed by atoms with Gasteiger partial charge in [0.15, 0.2) is 0 Å². The topological polar surface area (TPSA) is 120 Å². The van der Waals surface area contributed by atoms with E-state index in [0.29, 0.717) is 12.1 Å².